The van der Waals surface area contributed by atoms with Crippen molar-refractivity contribution in [2.75, 3.05) is 18.4 Å². The third-order valence-corrected chi connectivity index (χ3v) is 5.93. The maximum Gasteiger partial charge on any atom is 0.209 e. The van der Waals surface area contributed by atoms with Crippen LogP contribution >= 0.6 is 11.6 Å². The molecule has 1 saturated carbocycles. The Labute approximate surface area is 147 Å². The zero-order chi connectivity index (χ0) is 16.8. The third-order valence-electron chi connectivity index (χ3n) is 5.52. The summed E-state index contributed by atoms with van der Waals surface area (Å²) in [6.45, 7) is 3.83. The Bertz CT molecular complexity index is 760. The van der Waals surface area contributed by atoms with Gasteiger partial charge in [-0.2, -0.15) is 0 Å². The number of amides is 1. The summed E-state index contributed by atoms with van der Waals surface area (Å²) in [5, 5.41) is 4.58. The van der Waals surface area contributed by atoms with Crippen LogP contribution in [0, 0.1) is 12.3 Å². The van der Waals surface area contributed by atoms with Crippen LogP contribution in [0.5, 0.6) is 0 Å². The topological polar surface area (TPSA) is 32.3 Å². The molecule has 1 aliphatic carbocycles. The first-order chi connectivity index (χ1) is 11.6. The van der Waals surface area contributed by atoms with E-state index in [2.05, 4.69) is 30.4 Å². The highest BCUT2D eigenvalue weighted by Gasteiger charge is 2.60. The standard InChI is InChI=1S/C20H21ClN2O/c1-15-17(8-5-9-18(15)21)20(22-16-6-3-2-4-7-16)10-19(11-20)12-23(13-19)14-24/h2-9,14,22H,10-13H2,1H3. The van der Waals surface area contributed by atoms with Crippen molar-refractivity contribution >= 4 is 23.7 Å². The molecule has 4 heteroatoms. The molecule has 4 rings (SSSR count). The highest BCUT2D eigenvalue weighted by Crippen LogP contribution is 2.60. The van der Waals surface area contributed by atoms with Crippen molar-refractivity contribution in [3.05, 3.63) is 64.7 Å². The average molecular weight is 341 g/mol. The Balaban J connectivity index is 1.67. The number of likely N-dealkylation sites (tertiary alicyclic amines) is 1. The molecule has 1 N–H and O–H groups in total. The van der Waals surface area contributed by atoms with Crippen molar-refractivity contribution in [1.82, 2.24) is 4.90 Å². The van der Waals surface area contributed by atoms with Crippen LogP contribution in [-0.4, -0.2) is 24.4 Å². The highest BCUT2D eigenvalue weighted by atomic mass is 35.5. The lowest BCUT2D eigenvalue weighted by atomic mass is 9.51. The number of nitrogens with zero attached hydrogens (tertiary/aromatic N) is 1. The molecule has 1 heterocycles. The number of benzene rings is 2. The molecule has 124 valence electrons. The molecule has 2 fully saturated rings. The largest absolute Gasteiger partial charge is 0.375 e. The molecule has 2 aromatic rings. The number of para-hydroxylation sites is 1. The monoisotopic (exact) mass is 340 g/mol. The Morgan fingerprint density at radius 1 is 1.08 bits per heavy atom. The summed E-state index contributed by atoms with van der Waals surface area (Å²) in [4.78, 5) is 12.8. The molecule has 1 amide bonds. The molecule has 1 spiro atoms. The number of hydrogen-bond donors (Lipinski definition) is 1. The van der Waals surface area contributed by atoms with Gasteiger partial charge in [0.2, 0.25) is 6.41 Å². The Kier molecular flexibility index (Phi) is 3.57. The Morgan fingerprint density at radius 3 is 2.46 bits per heavy atom. The fourth-order valence-corrected chi connectivity index (χ4v) is 4.79. The van der Waals surface area contributed by atoms with Gasteiger partial charge in [-0.1, -0.05) is 41.9 Å². The summed E-state index contributed by atoms with van der Waals surface area (Å²) in [6, 6.07) is 16.5. The molecular formula is C20H21ClN2O. The molecule has 0 unspecified atom stereocenters. The maximum atomic E-state index is 10.9. The second-order valence-electron chi connectivity index (χ2n) is 7.35. The van der Waals surface area contributed by atoms with E-state index < -0.39 is 0 Å². The van der Waals surface area contributed by atoms with Gasteiger partial charge in [-0.25, -0.2) is 0 Å². The van der Waals surface area contributed by atoms with Crippen molar-refractivity contribution in [2.45, 2.75) is 25.3 Å². The quantitative estimate of drug-likeness (QED) is 0.846. The molecule has 0 bridgehead atoms. The van der Waals surface area contributed by atoms with Gasteiger partial charge >= 0.3 is 0 Å². The van der Waals surface area contributed by atoms with Crippen molar-refractivity contribution in [3.8, 4) is 0 Å². The van der Waals surface area contributed by atoms with Crippen LogP contribution in [0.2, 0.25) is 5.02 Å². The van der Waals surface area contributed by atoms with Gasteiger partial charge in [-0.15, -0.1) is 0 Å². The fourth-order valence-electron chi connectivity index (χ4n) is 4.61. The van der Waals surface area contributed by atoms with E-state index in [1.54, 1.807) is 0 Å². The van der Waals surface area contributed by atoms with Gasteiger partial charge in [0.05, 0.1) is 5.54 Å². The molecule has 3 nitrogen and oxygen atoms in total. The number of carbonyl (C=O) groups excluding carboxylic acids is 1. The molecule has 2 aliphatic rings. The first-order valence-corrected chi connectivity index (χ1v) is 8.72. The van der Waals surface area contributed by atoms with Crippen molar-refractivity contribution in [1.29, 1.82) is 0 Å². The molecular weight excluding hydrogens is 320 g/mol. The summed E-state index contributed by atoms with van der Waals surface area (Å²) in [7, 11) is 0. The van der Waals surface area contributed by atoms with E-state index in [0.717, 1.165) is 48.6 Å². The zero-order valence-corrected chi connectivity index (χ0v) is 14.5. The molecule has 1 saturated heterocycles. The van der Waals surface area contributed by atoms with E-state index >= 15 is 0 Å². The van der Waals surface area contributed by atoms with Crippen molar-refractivity contribution < 1.29 is 4.79 Å². The van der Waals surface area contributed by atoms with Crippen LogP contribution in [0.15, 0.2) is 48.5 Å². The summed E-state index contributed by atoms with van der Waals surface area (Å²) >= 11 is 6.39. The van der Waals surface area contributed by atoms with Crippen LogP contribution in [0.25, 0.3) is 0 Å². The van der Waals surface area contributed by atoms with E-state index in [0.29, 0.717) is 0 Å². The van der Waals surface area contributed by atoms with Gasteiger partial charge in [0, 0.05) is 29.2 Å². The van der Waals surface area contributed by atoms with Crippen LogP contribution in [0.4, 0.5) is 5.69 Å². The summed E-state index contributed by atoms with van der Waals surface area (Å²) in [5.41, 5.74) is 3.69. The van der Waals surface area contributed by atoms with Crippen molar-refractivity contribution in [2.24, 2.45) is 5.41 Å². The molecule has 2 aromatic carbocycles. The van der Waals surface area contributed by atoms with Crippen LogP contribution in [0.3, 0.4) is 0 Å². The number of rotatable bonds is 4. The van der Waals surface area contributed by atoms with Crippen LogP contribution in [-0.2, 0) is 10.3 Å². The number of carbonyl (C=O) groups is 1. The highest BCUT2D eigenvalue weighted by molar-refractivity contribution is 6.31. The predicted octanol–water partition coefficient (Wildman–Crippen LogP) is 4.21. The first kappa shape index (κ1) is 15.5. The number of halogens is 1. The van der Waals surface area contributed by atoms with E-state index in [9.17, 15) is 4.79 Å². The average Bonchev–Trinajstić information content (AvgIpc) is 2.52. The molecule has 24 heavy (non-hydrogen) atoms. The normalized spacial score (nSPS) is 20.2. The SMILES string of the molecule is Cc1c(Cl)cccc1C1(Nc2ccccc2)CC2(CN(C=O)C2)C1. The van der Waals surface area contributed by atoms with Gasteiger partial charge in [0.25, 0.3) is 0 Å². The molecule has 0 radical (unpaired) electrons. The lowest BCUT2D eigenvalue weighted by Gasteiger charge is -2.64. The van der Waals surface area contributed by atoms with E-state index in [-0.39, 0.29) is 11.0 Å². The van der Waals surface area contributed by atoms with Crippen molar-refractivity contribution in [3.63, 3.8) is 0 Å². The van der Waals surface area contributed by atoms with Crippen LogP contribution in [0.1, 0.15) is 24.0 Å². The zero-order valence-electron chi connectivity index (χ0n) is 13.8. The Morgan fingerprint density at radius 2 is 1.79 bits per heavy atom. The van der Waals surface area contributed by atoms with E-state index in [4.69, 9.17) is 11.6 Å². The fraction of sp³-hybridized carbons (Fsp3) is 0.350. The lowest BCUT2D eigenvalue weighted by Crippen LogP contribution is -2.68. The van der Waals surface area contributed by atoms with Gasteiger partial charge in [0.1, 0.15) is 0 Å². The smallest absolute Gasteiger partial charge is 0.209 e. The summed E-state index contributed by atoms with van der Waals surface area (Å²) in [6.07, 6.45) is 3.02. The minimum absolute atomic E-state index is 0.106. The molecule has 0 atom stereocenters. The summed E-state index contributed by atoms with van der Waals surface area (Å²) in [5.74, 6) is 0. The predicted molar refractivity (Wildman–Crippen MR) is 97.2 cm³/mol. The maximum absolute atomic E-state index is 10.9. The van der Waals surface area contributed by atoms with Gasteiger partial charge in [0.15, 0.2) is 0 Å². The van der Waals surface area contributed by atoms with Crippen LogP contribution < -0.4 is 5.32 Å². The van der Waals surface area contributed by atoms with Gasteiger partial charge in [-0.05, 0) is 49.1 Å². The van der Waals surface area contributed by atoms with Gasteiger partial charge < -0.3 is 10.2 Å². The second kappa shape index (κ2) is 5.52. The second-order valence-corrected chi connectivity index (χ2v) is 7.76. The molecule has 0 aromatic heterocycles. The minimum atomic E-state index is -0.106. The Hall–Kier alpha value is -2.00. The lowest BCUT2D eigenvalue weighted by molar-refractivity contribution is -0.143. The number of anilines is 1. The van der Waals surface area contributed by atoms with E-state index in [1.165, 1.54) is 5.56 Å². The third kappa shape index (κ3) is 2.39. The number of nitrogens with one attached hydrogen (secondary N) is 1. The van der Waals surface area contributed by atoms with Gasteiger partial charge in [-0.3, -0.25) is 4.79 Å². The van der Waals surface area contributed by atoms with E-state index in [1.807, 2.05) is 35.2 Å². The first-order valence-electron chi connectivity index (χ1n) is 8.34. The minimum Gasteiger partial charge on any atom is -0.375 e. The molecule has 1 aliphatic heterocycles. The summed E-state index contributed by atoms with van der Waals surface area (Å²) < 4.78 is 0. The number of hydrogen-bond acceptors (Lipinski definition) is 2.